The van der Waals surface area contributed by atoms with E-state index in [0.717, 1.165) is 16.7 Å². The fourth-order valence-corrected chi connectivity index (χ4v) is 1.95. The minimum atomic E-state index is 0.302. The quantitative estimate of drug-likeness (QED) is 0.922. The van der Waals surface area contributed by atoms with E-state index in [1.165, 1.54) is 0 Å². The number of nitriles is 1. The Balaban J connectivity index is 2.80. The number of rotatable bonds is 4. The SMILES string of the molecule is CC(CN(C)C)Nc1cc(Br)ccc1C#N. The molecule has 0 saturated carbocycles. The van der Waals surface area contributed by atoms with Gasteiger partial charge in [-0.05, 0) is 39.2 Å². The summed E-state index contributed by atoms with van der Waals surface area (Å²) in [5.74, 6) is 0. The largest absolute Gasteiger partial charge is 0.380 e. The Hall–Kier alpha value is -1.05. The third-order valence-corrected chi connectivity index (χ3v) is 2.64. The molecule has 0 aromatic heterocycles. The van der Waals surface area contributed by atoms with Crippen molar-refractivity contribution in [3.05, 3.63) is 28.2 Å². The predicted molar refractivity (Wildman–Crippen MR) is 70.5 cm³/mol. The highest BCUT2D eigenvalue weighted by atomic mass is 79.9. The first-order chi connectivity index (χ1) is 7.52. The van der Waals surface area contributed by atoms with Crippen molar-refractivity contribution in [3.8, 4) is 6.07 Å². The molecule has 86 valence electrons. The number of nitrogens with one attached hydrogen (secondary N) is 1. The van der Waals surface area contributed by atoms with E-state index < -0.39 is 0 Å². The van der Waals surface area contributed by atoms with Crippen molar-refractivity contribution in [3.63, 3.8) is 0 Å². The Morgan fingerprint density at radius 2 is 2.19 bits per heavy atom. The van der Waals surface area contributed by atoms with Crippen molar-refractivity contribution in [2.75, 3.05) is 26.0 Å². The van der Waals surface area contributed by atoms with Gasteiger partial charge in [0, 0.05) is 17.1 Å². The summed E-state index contributed by atoms with van der Waals surface area (Å²) in [6.07, 6.45) is 0. The lowest BCUT2D eigenvalue weighted by molar-refractivity contribution is 0.392. The molecule has 4 heteroatoms. The molecule has 1 N–H and O–H groups in total. The van der Waals surface area contributed by atoms with Gasteiger partial charge in [0.1, 0.15) is 6.07 Å². The van der Waals surface area contributed by atoms with Gasteiger partial charge in [0.2, 0.25) is 0 Å². The summed E-state index contributed by atoms with van der Waals surface area (Å²) in [6.45, 7) is 3.03. The van der Waals surface area contributed by atoms with Gasteiger partial charge in [-0.2, -0.15) is 5.26 Å². The highest BCUT2D eigenvalue weighted by Crippen LogP contribution is 2.21. The fraction of sp³-hybridized carbons (Fsp3) is 0.417. The molecule has 0 aliphatic rings. The Morgan fingerprint density at radius 1 is 1.50 bits per heavy atom. The zero-order valence-electron chi connectivity index (χ0n) is 9.79. The average molecular weight is 282 g/mol. The van der Waals surface area contributed by atoms with E-state index in [1.807, 2.05) is 32.3 Å². The van der Waals surface area contributed by atoms with Gasteiger partial charge in [0.05, 0.1) is 11.3 Å². The van der Waals surface area contributed by atoms with Crippen LogP contribution in [0.25, 0.3) is 0 Å². The Bertz CT molecular complexity index is 396. The first kappa shape index (κ1) is 13.0. The van der Waals surface area contributed by atoms with Crippen LogP contribution in [-0.4, -0.2) is 31.6 Å². The van der Waals surface area contributed by atoms with Gasteiger partial charge in [-0.15, -0.1) is 0 Å². The molecule has 3 nitrogen and oxygen atoms in total. The number of hydrogen-bond acceptors (Lipinski definition) is 3. The lowest BCUT2D eigenvalue weighted by Gasteiger charge is -2.20. The number of hydrogen-bond donors (Lipinski definition) is 1. The minimum Gasteiger partial charge on any atom is -0.380 e. The van der Waals surface area contributed by atoms with Crippen LogP contribution >= 0.6 is 15.9 Å². The topological polar surface area (TPSA) is 39.1 Å². The number of benzene rings is 1. The number of nitrogens with zero attached hydrogens (tertiary/aromatic N) is 2. The molecule has 0 amide bonds. The molecular formula is C12H16BrN3. The van der Waals surface area contributed by atoms with Gasteiger partial charge in [0.15, 0.2) is 0 Å². The van der Waals surface area contributed by atoms with Crippen LogP contribution in [0.1, 0.15) is 12.5 Å². The smallest absolute Gasteiger partial charge is 0.101 e. The van der Waals surface area contributed by atoms with Crippen LogP contribution in [0.4, 0.5) is 5.69 Å². The Labute approximate surface area is 105 Å². The Kier molecular flexibility index (Phi) is 4.78. The van der Waals surface area contributed by atoms with Gasteiger partial charge in [0.25, 0.3) is 0 Å². The molecule has 0 bridgehead atoms. The van der Waals surface area contributed by atoms with Gasteiger partial charge >= 0.3 is 0 Å². The van der Waals surface area contributed by atoms with E-state index in [1.54, 1.807) is 0 Å². The van der Waals surface area contributed by atoms with Crippen LogP contribution < -0.4 is 5.32 Å². The van der Waals surface area contributed by atoms with Crippen molar-refractivity contribution in [1.82, 2.24) is 4.90 Å². The summed E-state index contributed by atoms with van der Waals surface area (Å²) < 4.78 is 0.978. The monoisotopic (exact) mass is 281 g/mol. The van der Waals surface area contributed by atoms with Crippen molar-refractivity contribution in [2.45, 2.75) is 13.0 Å². The van der Waals surface area contributed by atoms with Gasteiger partial charge in [-0.25, -0.2) is 0 Å². The van der Waals surface area contributed by atoms with E-state index in [4.69, 9.17) is 5.26 Å². The van der Waals surface area contributed by atoms with Crippen molar-refractivity contribution >= 4 is 21.6 Å². The molecule has 0 radical (unpaired) electrons. The molecule has 1 unspecified atom stereocenters. The lowest BCUT2D eigenvalue weighted by atomic mass is 10.2. The average Bonchev–Trinajstić information content (AvgIpc) is 2.16. The van der Waals surface area contributed by atoms with Crippen LogP contribution in [0, 0.1) is 11.3 Å². The molecular weight excluding hydrogens is 266 g/mol. The van der Waals surface area contributed by atoms with Crippen LogP contribution in [0.15, 0.2) is 22.7 Å². The first-order valence-electron chi connectivity index (χ1n) is 5.14. The molecule has 16 heavy (non-hydrogen) atoms. The van der Waals surface area contributed by atoms with Crippen LogP contribution in [0.2, 0.25) is 0 Å². The molecule has 0 fully saturated rings. The molecule has 1 aromatic rings. The van der Waals surface area contributed by atoms with E-state index >= 15 is 0 Å². The first-order valence-corrected chi connectivity index (χ1v) is 5.93. The van der Waals surface area contributed by atoms with Gasteiger partial charge < -0.3 is 10.2 Å². The molecule has 1 aromatic carbocycles. The van der Waals surface area contributed by atoms with Crippen LogP contribution in [-0.2, 0) is 0 Å². The third-order valence-electron chi connectivity index (χ3n) is 2.14. The predicted octanol–water partition coefficient (Wildman–Crippen LogP) is 2.68. The summed E-state index contributed by atoms with van der Waals surface area (Å²) in [4.78, 5) is 2.11. The molecule has 0 heterocycles. The molecule has 1 atom stereocenters. The van der Waals surface area contributed by atoms with Crippen molar-refractivity contribution in [1.29, 1.82) is 5.26 Å². The minimum absolute atomic E-state index is 0.302. The summed E-state index contributed by atoms with van der Waals surface area (Å²) in [5, 5.41) is 12.3. The third kappa shape index (κ3) is 3.84. The van der Waals surface area contributed by atoms with Gasteiger partial charge in [-0.1, -0.05) is 15.9 Å². The number of halogens is 1. The lowest BCUT2D eigenvalue weighted by Crippen LogP contribution is -2.29. The summed E-state index contributed by atoms with van der Waals surface area (Å²) in [6, 6.07) is 8.11. The zero-order valence-corrected chi connectivity index (χ0v) is 11.4. The summed E-state index contributed by atoms with van der Waals surface area (Å²) in [7, 11) is 4.06. The second-order valence-electron chi connectivity index (χ2n) is 4.11. The maximum atomic E-state index is 8.99. The number of anilines is 1. The van der Waals surface area contributed by atoms with Gasteiger partial charge in [-0.3, -0.25) is 0 Å². The highest BCUT2D eigenvalue weighted by molar-refractivity contribution is 9.10. The molecule has 0 saturated heterocycles. The van der Waals surface area contributed by atoms with Crippen molar-refractivity contribution < 1.29 is 0 Å². The normalized spacial score (nSPS) is 12.2. The van der Waals surface area contributed by atoms with E-state index in [2.05, 4.69) is 39.1 Å². The molecule has 0 spiro atoms. The van der Waals surface area contributed by atoms with E-state index in [9.17, 15) is 0 Å². The number of likely N-dealkylation sites (N-methyl/N-ethyl adjacent to an activating group) is 1. The highest BCUT2D eigenvalue weighted by Gasteiger charge is 2.07. The maximum Gasteiger partial charge on any atom is 0.101 e. The molecule has 0 aliphatic carbocycles. The fourth-order valence-electron chi connectivity index (χ4n) is 1.59. The van der Waals surface area contributed by atoms with E-state index in [-0.39, 0.29) is 0 Å². The second kappa shape index (κ2) is 5.88. The van der Waals surface area contributed by atoms with Crippen molar-refractivity contribution in [2.24, 2.45) is 0 Å². The Morgan fingerprint density at radius 3 is 2.75 bits per heavy atom. The molecule has 0 aliphatic heterocycles. The second-order valence-corrected chi connectivity index (χ2v) is 5.03. The van der Waals surface area contributed by atoms with Crippen LogP contribution in [0.5, 0.6) is 0 Å². The van der Waals surface area contributed by atoms with E-state index in [0.29, 0.717) is 11.6 Å². The standard InChI is InChI=1S/C12H16BrN3/c1-9(8-16(2)3)15-12-6-11(13)5-4-10(12)7-14/h4-6,9,15H,8H2,1-3H3. The zero-order chi connectivity index (χ0) is 12.1. The molecule has 1 rings (SSSR count). The summed E-state index contributed by atoms with van der Waals surface area (Å²) in [5.41, 5.74) is 1.56. The summed E-state index contributed by atoms with van der Waals surface area (Å²) >= 11 is 3.41. The maximum absolute atomic E-state index is 8.99. The van der Waals surface area contributed by atoms with Crippen LogP contribution in [0.3, 0.4) is 0 Å².